The van der Waals surface area contributed by atoms with Crippen molar-refractivity contribution >= 4 is 11.8 Å². The van der Waals surface area contributed by atoms with Gasteiger partial charge in [-0.15, -0.1) is 10.2 Å². The summed E-state index contributed by atoms with van der Waals surface area (Å²) in [6.07, 6.45) is -1.94. The van der Waals surface area contributed by atoms with Crippen LogP contribution in [0.4, 0.5) is 13.2 Å². The van der Waals surface area contributed by atoms with E-state index in [1.165, 1.54) is 6.07 Å². The summed E-state index contributed by atoms with van der Waals surface area (Å²) in [5, 5.41) is 9.01. The van der Waals surface area contributed by atoms with Crippen LogP contribution < -0.4 is 0 Å². The largest absolute Gasteiger partial charge is 0.417 e. The summed E-state index contributed by atoms with van der Waals surface area (Å²) in [7, 11) is 1.76. The van der Waals surface area contributed by atoms with Gasteiger partial charge in [0, 0.05) is 19.4 Å². The zero-order chi connectivity index (χ0) is 16.4. The first-order valence-electron chi connectivity index (χ1n) is 6.47. The second kappa shape index (κ2) is 5.99. The third-order valence-corrected chi connectivity index (χ3v) is 3.98. The van der Waals surface area contributed by atoms with Crippen molar-refractivity contribution in [3.8, 4) is 11.5 Å². The van der Waals surface area contributed by atoms with Crippen LogP contribution in [-0.4, -0.2) is 24.7 Å². The topological polar surface area (TPSA) is 56.5 Å². The van der Waals surface area contributed by atoms with Crippen molar-refractivity contribution in [3.05, 3.63) is 48.3 Å². The maximum atomic E-state index is 12.5. The molecule has 3 aromatic heterocycles. The van der Waals surface area contributed by atoms with Crippen LogP contribution in [0.15, 0.2) is 52.9 Å². The molecule has 0 unspecified atom stereocenters. The van der Waals surface area contributed by atoms with Crippen LogP contribution in [0.25, 0.3) is 11.5 Å². The van der Waals surface area contributed by atoms with E-state index in [0.29, 0.717) is 21.7 Å². The van der Waals surface area contributed by atoms with Crippen LogP contribution in [0.2, 0.25) is 0 Å². The van der Waals surface area contributed by atoms with Gasteiger partial charge in [-0.05, 0) is 36.0 Å². The van der Waals surface area contributed by atoms with Crippen molar-refractivity contribution in [2.24, 2.45) is 7.05 Å². The van der Waals surface area contributed by atoms with E-state index < -0.39 is 11.7 Å². The maximum Gasteiger partial charge on any atom is 0.417 e. The first kappa shape index (κ1) is 15.5. The molecule has 0 aliphatic heterocycles. The second-order valence-corrected chi connectivity index (χ2v) is 5.55. The molecule has 5 nitrogen and oxygen atoms in total. The van der Waals surface area contributed by atoms with Crippen LogP contribution in [0.1, 0.15) is 5.56 Å². The number of hydrogen-bond donors (Lipinski definition) is 0. The second-order valence-electron chi connectivity index (χ2n) is 4.57. The highest BCUT2D eigenvalue weighted by molar-refractivity contribution is 7.99. The molecule has 0 atom stereocenters. The highest BCUT2D eigenvalue weighted by Gasteiger charge is 2.30. The lowest BCUT2D eigenvalue weighted by Gasteiger charge is -2.06. The van der Waals surface area contributed by atoms with Gasteiger partial charge >= 0.3 is 6.18 Å². The molecular weight excluding hydrogens is 327 g/mol. The van der Waals surface area contributed by atoms with E-state index in [9.17, 15) is 13.2 Å². The number of halogens is 3. The number of nitrogens with zero attached hydrogens (tertiary/aromatic N) is 5. The molecule has 0 spiro atoms. The number of hydrogen-bond acceptors (Lipinski definition) is 5. The quantitative estimate of drug-likeness (QED) is 0.733. The Hall–Kier alpha value is -2.42. The monoisotopic (exact) mass is 337 g/mol. The fourth-order valence-corrected chi connectivity index (χ4v) is 2.56. The zero-order valence-electron chi connectivity index (χ0n) is 11.8. The first-order chi connectivity index (χ1) is 10.9. The normalized spacial score (nSPS) is 11.7. The van der Waals surface area contributed by atoms with Crippen molar-refractivity contribution in [1.82, 2.24) is 24.7 Å². The van der Waals surface area contributed by atoms with Gasteiger partial charge in [-0.1, -0.05) is 6.07 Å². The Morgan fingerprint density at radius 2 is 1.87 bits per heavy atom. The third kappa shape index (κ3) is 3.34. The standard InChI is InChI=1S/C14H10F3N5S/c1-22-12(10-4-2-3-7-18-10)20-21-13(22)23-11-6-5-9(8-19-11)14(15,16)17/h2-8H,1H3. The van der Waals surface area contributed by atoms with Crippen molar-refractivity contribution in [2.45, 2.75) is 16.4 Å². The summed E-state index contributed by atoms with van der Waals surface area (Å²) in [6, 6.07) is 7.73. The van der Waals surface area contributed by atoms with Gasteiger partial charge in [-0.2, -0.15) is 13.2 Å². The fraction of sp³-hybridized carbons (Fsp3) is 0.143. The predicted octanol–water partition coefficient (Wildman–Crippen LogP) is 3.44. The molecule has 0 saturated heterocycles. The minimum Gasteiger partial charge on any atom is -0.304 e. The Morgan fingerprint density at radius 1 is 1.04 bits per heavy atom. The SMILES string of the molecule is Cn1c(Sc2ccc(C(F)(F)F)cn2)nnc1-c1ccccn1. The van der Waals surface area contributed by atoms with Gasteiger partial charge in [0.2, 0.25) is 0 Å². The molecule has 0 aromatic carbocycles. The van der Waals surface area contributed by atoms with E-state index in [1.54, 1.807) is 29.9 Å². The van der Waals surface area contributed by atoms with Gasteiger partial charge in [-0.25, -0.2) is 4.98 Å². The Bertz CT molecular complexity index is 800. The highest BCUT2D eigenvalue weighted by Crippen LogP contribution is 2.31. The van der Waals surface area contributed by atoms with Crippen molar-refractivity contribution in [3.63, 3.8) is 0 Å². The minimum atomic E-state index is -4.40. The minimum absolute atomic E-state index is 0.404. The van der Waals surface area contributed by atoms with Crippen molar-refractivity contribution < 1.29 is 13.2 Å². The Balaban J connectivity index is 1.83. The summed E-state index contributed by atoms with van der Waals surface area (Å²) in [5.74, 6) is 0.569. The molecule has 0 aliphatic carbocycles. The first-order valence-corrected chi connectivity index (χ1v) is 7.28. The number of aromatic nitrogens is 5. The molecule has 0 N–H and O–H groups in total. The Morgan fingerprint density at radius 3 is 2.48 bits per heavy atom. The zero-order valence-corrected chi connectivity index (χ0v) is 12.6. The molecule has 23 heavy (non-hydrogen) atoms. The van der Waals surface area contributed by atoms with Gasteiger partial charge in [0.1, 0.15) is 10.7 Å². The van der Waals surface area contributed by atoms with Crippen LogP contribution in [0, 0.1) is 0 Å². The van der Waals surface area contributed by atoms with E-state index >= 15 is 0 Å². The molecule has 0 radical (unpaired) electrons. The molecule has 0 amide bonds. The van der Waals surface area contributed by atoms with Crippen LogP contribution >= 0.6 is 11.8 Å². The van der Waals surface area contributed by atoms with Gasteiger partial charge in [-0.3, -0.25) is 4.98 Å². The van der Waals surface area contributed by atoms with E-state index in [2.05, 4.69) is 20.2 Å². The summed E-state index contributed by atoms with van der Waals surface area (Å²) in [4.78, 5) is 8.01. The summed E-state index contributed by atoms with van der Waals surface area (Å²) < 4.78 is 39.3. The van der Waals surface area contributed by atoms with E-state index in [0.717, 1.165) is 24.0 Å². The molecule has 0 fully saturated rings. The average Bonchev–Trinajstić information content (AvgIpc) is 2.89. The molecule has 3 aromatic rings. The Labute approximate surface area is 133 Å². The van der Waals surface area contributed by atoms with Gasteiger partial charge in [0.05, 0.1) is 5.56 Å². The van der Waals surface area contributed by atoms with Crippen molar-refractivity contribution in [2.75, 3.05) is 0 Å². The highest BCUT2D eigenvalue weighted by atomic mass is 32.2. The summed E-state index contributed by atoms with van der Waals surface area (Å²) in [6.45, 7) is 0. The third-order valence-electron chi connectivity index (χ3n) is 2.99. The number of pyridine rings is 2. The number of alkyl halides is 3. The van der Waals surface area contributed by atoms with E-state index in [1.807, 2.05) is 6.07 Å². The molecule has 0 saturated carbocycles. The van der Waals surface area contributed by atoms with Gasteiger partial charge < -0.3 is 4.57 Å². The van der Waals surface area contributed by atoms with Gasteiger partial charge in [0.25, 0.3) is 0 Å². The lowest BCUT2D eigenvalue weighted by molar-refractivity contribution is -0.137. The van der Waals surface area contributed by atoms with E-state index in [4.69, 9.17) is 0 Å². The van der Waals surface area contributed by atoms with Crippen LogP contribution in [-0.2, 0) is 13.2 Å². The summed E-state index contributed by atoms with van der Waals surface area (Å²) >= 11 is 1.13. The average molecular weight is 337 g/mol. The maximum absolute atomic E-state index is 12.5. The molecule has 0 aliphatic rings. The van der Waals surface area contributed by atoms with Gasteiger partial charge in [0.15, 0.2) is 11.0 Å². The lowest BCUT2D eigenvalue weighted by atomic mass is 10.3. The fourth-order valence-electron chi connectivity index (χ4n) is 1.82. The molecular formula is C14H10F3N5S. The number of rotatable bonds is 3. The molecule has 9 heteroatoms. The molecule has 3 rings (SSSR count). The molecule has 0 bridgehead atoms. The van der Waals surface area contributed by atoms with Crippen molar-refractivity contribution in [1.29, 1.82) is 0 Å². The Kier molecular flexibility index (Phi) is 4.03. The van der Waals surface area contributed by atoms with E-state index in [-0.39, 0.29) is 0 Å². The smallest absolute Gasteiger partial charge is 0.304 e. The van der Waals surface area contributed by atoms with Crippen LogP contribution in [0.3, 0.4) is 0 Å². The predicted molar refractivity (Wildman–Crippen MR) is 77.6 cm³/mol. The molecule has 3 heterocycles. The van der Waals surface area contributed by atoms with Crippen LogP contribution in [0.5, 0.6) is 0 Å². The lowest BCUT2D eigenvalue weighted by Crippen LogP contribution is -2.05. The molecule has 118 valence electrons. The summed E-state index contributed by atoms with van der Waals surface area (Å²) in [5.41, 5.74) is -0.122.